The van der Waals surface area contributed by atoms with Gasteiger partial charge in [0.15, 0.2) is 18.1 Å². The molecule has 0 N–H and O–H groups in total. The average molecular weight is 397 g/mol. The molecule has 6 heteroatoms. The number of carbonyl (C=O) groups is 2. The number of nitrogens with zero attached hydrogens (tertiary/aromatic N) is 1. The second-order valence-corrected chi connectivity index (χ2v) is 6.66. The van der Waals surface area contributed by atoms with Crippen molar-refractivity contribution in [1.29, 1.82) is 0 Å². The first-order valence-corrected chi connectivity index (χ1v) is 9.35. The largest absolute Gasteiger partial charge is 0.493 e. The third-order valence-corrected chi connectivity index (χ3v) is 4.30. The highest BCUT2D eigenvalue weighted by Crippen LogP contribution is 2.27. The van der Waals surface area contributed by atoms with Crippen molar-refractivity contribution in [1.82, 2.24) is 4.90 Å². The van der Waals surface area contributed by atoms with E-state index in [1.807, 2.05) is 44.2 Å². The van der Waals surface area contributed by atoms with E-state index in [2.05, 4.69) is 0 Å². The lowest BCUT2D eigenvalue weighted by Crippen LogP contribution is -2.39. The van der Waals surface area contributed by atoms with Crippen molar-refractivity contribution in [3.8, 4) is 11.5 Å². The smallest absolute Gasteiger partial charge is 0.331 e. The zero-order valence-corrected chi connectivity index (χ0v) is 17.3. The van der Waals surface area contributed by atoms with E-state index in [-0.39, 0.29) is 18.6 Å². The number of hydrogen-bond donors (Lipinski definition) is 0. The van der Waals surface area contributed by atoms with Gasteiger partial charge in [0, 0.05) is 18.7 Å². The van der Waals surface area contributed by atoms with Crippen LogP contribution in [-0.2, 0) is 20.9 Å². The molecule has 2 rings (SSSR count). The van der Waals surface area contributed by atoms with Gasteiger partial charge >= 0.3 is 5.97 Å². The van der Waals surface area contributed by atoms with E-state index in [9.17, 15) is 9.59 Å². The van der Waals surface area contributed by atoms with Crippen LogP contribution in [0.15, 0.2) is 54.6 Å². The van der Waals surface area contributed by atoms with Crippen LogP contribution in [0.25, 0.3) is 6.08 Å². The number of rotatable bonds is 9. The quantitative estimate of drug-likeness (QED) is 0.477. The van der Waals surface area contributed by atoms with E-state index in [4.69, 9.17) is 14.2 Å². The molecule has 1 amide bonds. The van der Waals surface area contributed by atoms with Gasteiger partial charge in [-0.15, -0.1) is 0 Å². The Morgan fingerprint density at radius 3 is 2.31 bits per heavy atom. The summed E-state index contributed by atoms with van der Waals surface area (Å²) in [5.74, 6) is 0.338. The zero-order chi connectivity index (χ0) is 21.2. The minimum absolute atomic E-state index is 0.0104. The van der Waals surface area contributed by atoms with Gasteiger partial charge < -0.3 is 19.1 Å². The highest BCUT2D eigenvalue weighted by molar-refractivity contribution is 5.89. The van der Waals surface area contributed by atoms with E-state index in [0.717, 1.165) is 11.1 Å². The molecule has 0 radical (unpaired) electrons. The number of benzene rings is 2. The van der Waals surface area contributed by atoms with Crippen LogP contribution in [0, 0.1) is 0 Å². The molecule has 6 nitrogen and oxygen atoms in total. The van der Waals surface area contributed by atoms with Crippen LogP contribution in [0.3, 0.4) is 0 Å². The molecule has 2 aromatic rings. The van der Waals surface area contributed by atoms with Gasteiger partial charge in [-0.05, 0) is 43.2 Å². The highest BCUT2D eigenvalue weighted by Gasteiger charge is 2.18. The number of esters is 1. The molecular weight excluding hydrogens is 370 g/mol. The summed E-state index contributed by atoms with van der Waals surface area (Å²) in [7, 11) is 3.10. The summed E-state index contributed by atoms with van der Waals surface area (Å²) >= 11 is 0. The van der Waals surface area contributed by atoms with Gasteiger partial charge in [0.25, 0.3) is 5.91 Å². The Morgan fingerprint density at radius 2 is 1.69 bits per heavy atom. The first-order valence-electron chi connectivity index (χ1n) is 9.35. The molecule has 0 spiro atoms. The highest BCUT2D eigenvalue weighted by atomic mass is 16.5. The Morgan fingerprint density at radius 1 is 1.00 bits per heavy atom. The van der Waals surface area contributed by atoms with Crippen molar-refractivity contribution >= 4 is 18.0 Å². The third kappa shape index (κ3) is 6.68. The van der Waals surface area contributed by atoms with Gasteiger partial charge in [0.05, 0.1) is 14.2 Å². The fraction of sp³-hybridized carbons (Fsp3) is 0.304. The van der Waals surface area contributed by atoms with Gasteiger partial charge in [-0.1, -0.05) is 36.4 Å². The zero-order valence-electron chi connectivity index (χ0n) is 17.3. The molecule has 2 aromatic carbocycles. The number of hydrogen-bond acceptors (Lipinski definition) is 5. The molecule has 0 aliphatic heterocycles. The standard InChI is InChI=1S/C23H27NO5/c1-17(2)24(15-19-8-6-5-7-9-19)22(25)16-29-23(26)13-11-18-10-12-20(27-3)21(14-18)28-4/h5-14,17H,15-16H2,1-4H3/b13-11+. The minimum Gasteiger partial charge on any atom is -0.493 e. The topological polar surface area (TPSA) is 65.1 Å². The van der Waals surface area contributed by atoms with Gasteiger partial charge in [-0.25, -0.2) is 4.79 Å². The summed E-state index contributed by atoms with van der Waals surface area (Å²) in [6, 6.07) is 15.0. The third-order valence-electron chi connectivity index (χ3n) is 4.30. The molecule has 154 valence electrons. The predicted octanol–water partition coefficient (Wildman–Crippen LogP) is 3.70. The molecule has 0 aromatic heterocycles. The van der Waals surface area contributed by atoms with E-state index in [1.165, 1.54) is 6.08 Å². The number of carbonyl (C=O) groups excluding carboxylic acids is 2. The fourth-order valence-corrected chi connectivity index (χ4v) is 2.72. The molecular formula is C23H27NO5. The van der Waals surface area contributed by atoms with E-state index >= 15 is 0 Å². The van der Waals surface area contributed by atoms with Crippen LogP contribution in [0.1, 0.15) is 25.0 Å². The van der Waals surface area contributed by atoms with Gasteiger partial charge in [0.1, 0.15) is 0 Å². The fourth-order valence-electron chi connectivity index (χ4n) is 2.72. The number of amides is 1. The minimum atomic E-state index is -0.587. The normalized spacial score (nSPS) is 10.8. The average Bonchev–Trinajstić information content (AvgIpc) is 2.74. The second-order valence-electron chi connectivity index (χ2n) is 6.66. The monoisotopic (exact) mass is 397 g/mol. The maximum absolute atomic E-state index is 12.5. The maximum atomic E-state index is 12.5. The lowest BCUT2D eigenvalue weighted by molar-refractivity contribution is -0.149. The Labute approximate surface area is 171 Å². The van der Waals surface area contributed by atoms with Crippen LogP contribution in [-0.4, -0.2) is 43.6 Å². The molecule has 0 aliphatic carbocycles. The lowest BCUT2D eigenvalue weighted by Gasteiger charge is -2.26. The Bertz CT molecular complexity index is 846. The van der Waals surface area contributed by atoms with Crippen molar-refractivity contribution in [3.63, 3.8) is 0 Å². The van der Waals surface area contributed by atoms with E-state index in [0.29, 0.717) is 18.0 Å². The van der Waals surface area contributed by atoms with Crippen LogP contribution < -0.4 is 9.47 Å². The van der Waals surface area contributed by atoms with Crippen LogP contribution in [0.5, 0.6) is 11.5 Å². The first-order chi connectivity index (χ1) is 13.9. The molecule has 29 heavy (non-hydrogen) atoms. The molecule has 0 atom stereocenters. The summed E-state index contributed by atoms with van der Waals surface area (Å²) in [6.45, 7) is 4.02. The van der Waals surface area contributed by atoms with Gasteiger partial charge in [-0.3, -0.25) is 4.79 Å². The van der Waals surface area contributed by atoms with Crippen LogP contribution in [0.4, 0.5) is 0 Å². The SMILES string of the molecule is COc1ccc(/C=C/C(=O)OCC(=O)N(Cc2ccccc2)C(C)C)cc1OC. The lowest BCUT2D eigenvalue weighted by atomic mass is 10.2. The van der Waals surface area contributed by atoms with E-state index in [1.54, 1.807) is 43.4 Å². The number of methoxy groups -OCH3 is 2. The predicted molar refractivity (Wildman–Crippen MR) is 112 cm³/mol. The molecule has 0 unspecified atom stereocenters. The summed E-state index contributed by atoms with van der Waals surface area (Å²) < 4.78 is 15.5. The molecule has 0 fully saturated rings. The molecule has 0 heterocycles. The first kappa shape index (κ1) is 22.0. The summed E-state index contributed by atoms with van der Waals surface area (Å²) in [5.41, 5.74) is 1.77. The Hall–Kier alpha value is -3.28. The molecule has 0 saturated carbocycles. The summed E-state index contributed by atoms with van der Waals surface area (Å²) in [5, 5.41) is 0. The van der Waals surface area contributed by atoms with Gasteiger partial charge in [-0.2, -0.15) is 0 Å². The van der Waals surface area contributed by atoms with Crippen molar-refractivity contribution in [2.75, 3.05) is 20.8 Å². The van der Waals surface area contributed by atoms with Crippen molar-refractivity contribution < 1.29 is 23.8 Å². The summed E-state index contributed by atoms with van der Waals surface area (Å²) in [6.07, 6.45) is 2.88. The molecule has 0 bridgehead atoms. The second kappa shape index (κ2) is 10.9. The van der Waals surface area contributed by atoms with Gasteiger partial charge in [0.2, 0.25) is 0 Å². The molecule has 0 aliphatic rings. The van der Waals surface area contributed by atoms with Crippen molar-refractivity contribution in [2.45, 2.75) is 26.4 Å². The van der Waals surface area contributed by atoms with Crippen LogP contribution in [0.2, 0.25) is 0 Å². The maximum Gasteiger partial charge on any atom is 0.331 e. The van der Waals surface area contributed by atoms with Crippen molar-refractivity contribution in [2.24, 2.45) is 0 Å². The Balaban J connectivity index is 1.93. The molecule has 0 saturated heterocycles. The number of ether oxygens (including phenoxy) is 3. The van der Waals surface area contributed by atoms with Crippen molar-refractivity contribution in [3.05, 3.63) is 65.7 Å². The van der Waals surface area contributed by atoms with Crippen LogP contribution >= 0.6 is 0 Å². The summed E-state index contributed by atoms with van der Waals surface area (Å²) in [4.78, 5) is 26.2. The van der Waals surface area contributed by atoms with E-state index < -0.39 is 5.97 Å². The Kier molecular flexibility index (Phi) is 8.27.